The summed E-state index contributed by atoms with van der Waals surface area (Å²) in [6.07, 6.45) is 1.75. The van der Waals surface area contributed by atoms with Gasteiger partial charge in [0, 0.05) is 0 Å². The lowest BCUT2D eigenvalue weighted by atomic mass is 10.1. The number of rotatable bonds is 4. The standard InChI is InChI=1S/C19H16N2O4/c1-12-17(11-13-4-3-5-16(10-13)25-2)18(22)21(20-12)15-8-6-14(7-9-15)19(23)24/h3-11H,1-2H3,(H,23,24)/p-1/b17-11+. The summed E-state index contributed by atoms with van der Waals surface area (Å²) in [5, 5.41) is 16.3. The van der Waals surface area contributed by atoms with Crippen molar-refractivity contribution in [1.29, 1.82) is 0 Å². The Labute approximate surface area is 144 Å². The van der Waals surface area contributed by atoms with E-state index < -0.39 is 5.97 Å². The van der Waals surface area contributed by atoms with Gasteiger partial charge in [0.15, 0.2) is 0 Å². The van der Waals surface area contributed by atoms with Gasteiger partial charge in [0.2, 0.25) is 0 Å². The average molecular weight is 335 g/mol. The van der Waals surface area contributed by atoms with Gasteiger partial charge in [-0.3, -0.25) is 4.79 Å². The van der Waals surface area contributed by atoms with Crippen LogP contribution in [0.4, 0.5) is 5.69 Å². The highest BCUT2D eigenvalue weighted by molar-refractivity contribution is 6.32. The Kier molecular flexibility index (Phi) is 4.35. The summed E-state index contributed by atoms with van der Waals surface area (Å²) in [7, 11) is 1.58. The van der Waals surface area contributed by atoms with Gasteiger partial charge in [-0.25, -0.2) is 0 Å². The lowest BCUT2D eigenvalue weighted by Gasteiger charge is -2.12. The predicted molar refractivity (Wildman–Crippen MR) is 92.3 cm³/mol. The zero-order valence-electron chi connectivity index (χ0n) is 13.7. The summed E-state index contributed by atoms with van der Waals surface area (Å²) in [6, 6.07) is 13.2. The molecule has 0 unspecified atom stereocenters. The Morgan fingerprint density at radius 2 is 1.92 bits per heavy atom. The number of amides is 1. The van der Waals surface area contributed by atoms with Crippen LogP contribution in [0.2, 0.25) is 0 Å². The molecule has 0 N–H and O–H groups in total. The van der Waals surface area contributed by atoms with Crippen molar-refractivity contribution in [2.75, 3.05) is 12.1 Å². The van der Waals surface area contributed by atoms with Crippen LogP contribution in [0.1, 0.15) is 22.8 Å². The first-order chi connectivity index (χ1) is 12.0. The highest BCUT2D eigenvalue weighted by atomic mass is 16.5. The van der Waals surface area contributed by atoms with Crippen LogP contribution in [-0.4, -0.2) is 24.7 Å². The SMILES string of the molecule is COc1cccc(/C=C2/C(=O)N(c3ccc(C(=O)[O-])cc3)N=C2C)c1. The van der Waals surface area contributed by atoms with E-state index >= 15 is 0 Å². The molecule has 25 heavy (non-hydrogen) atoms. The van der Waals surface area contributed by atoms with Crippen LogP contribution in [0.15, 0.2) is 59.2 Å². The number of ether oxygens (including phenoxy) is 1. The van der Waals surface area contributed by atoms with Crippen molar-refractivity contribution in [3.05, 3.63) is 65.2 Å². The first-order valence-corrected chi connectivity index (χ1v) is 7.57. The van der Waals surface area contributed by atoms with Crippen molar-refractivity contribution in [1.82, 2.24) is 0 Å². The van der Waals surface area contributed by atoms with Gasteiger partial charge in [-0.2, -0.15) is 10.1 Å². The molecule has 1 amide bonds. The summed E-state index contributed by atoms with van der Waals surface area (Å²) >= 11 is 0. The fraction of sp³-hybridized carbons (Fsp3) is 0.105. The lowest BCUT2D eigenvalue weighted by molar-refractivity contribution is -0.255. The second-order valence-corrected chi connectivity index (χ2v) is 5.47. The van der Waals surface area contributed by atoms with Gasteiger partial charge in [0.1, 0.15) is 5.75 Å². The molecule has 126 valence electrons. The number of methoxy groups -OCH3 is 1. The number of carbonyl (C=O) groups is 2. The molecule has 6 nitrogen and oxygen atoms in total. The zero-order chi connectivity index (χ0) is 18.0. The highest BCUT2D eigenvalue weighted by Crippen LogP contribution is 2.26. The molecule has 2 aromatic carbocycles. The number of anilines is 1. The molecular formula is C19H15N2O4-. The van der Waals surface area contributed by atoms with Gasteiger partial charge in [-0.15, -0.1) is 0 Å². The first kappa shape index (κ1) is 16.4. The highest BCUT2D eigenvalue weighted by Gasteiger charge is 2.28. The van der Waals surface area contributed by atoms with Crippen LogP contribution >= 0.6 is 0 Å². The minimum atomic E-state index is -1.27. The zero-order valence-corrected chi connectivity index (χ0v) is 13.7. The number of carbonyl (C=O) groups excluding carboxylic acids is 2. The Morgan fingerprint density at radius 1 is 1.20 bits per heavy atom. The molecule has 0 bridgehead atoms. The fourth-order valence-corrected chi connectivity index (χ4v) is 2.50. The number of aromatic carboxylic acids is 1. The van der Waals surface area contributed by atoms with Crippen LogP contribution in [0, 0.1) is 0 Å². The maximum Gasteiger partial charge on any atom is 0.280 e. The fourth-order valence-electron chi connectivity index (χ4n) is 2.50. The third kappa shape index (κ3) is 3.28. The maximum atomic E-state index is 12.7. The molecule has 2 aromatic rings. The van der Waals surface area contributed by atoms with Crippen molar-refractivity contribution in [3.63, 3.8) is 0 Å². The Bertz CT molecular complexity index is 898. The van der Waals surface area contributed by atoms with Crippen molar-refractivity contribution >= 4 is 29.4 Å². The topological polar surface area (TPSA) is 82.0 Å². The number of hydrogen-bond donors (Lipinski definition) is 0. The van der Waals surface area contributed by atoms with Crippen LogP contribution in [0.3, 0.4) is 0 Å². The largest absolute Gasteiger partial charge is 0.545 e. The van der Waals surface area contributed by atoms with Gasteiger partial charge in [-0.05, 0) is 48.4 Å². The normalized spacial score (nSPS) is 15.4. The molecule has 0 fully saturated rings. The van der Waals surface area contributed by atoms with E-state index in [9.17, 15) is 14.7 Å². The van der Waals surface area contributed by atoms with E-state index in [1.807, 2.05) is 24.3 Å². The molecule has 0 atom stereocenters. The van der Waals surface area contributed by atoms with Crippen LogP contribution < -0.4 is 14.9 Å². The third-order valence-electron chi connectivity index (χ3n) is 3.81. The van der Waals surface area contributed by atoms with E-state index in [0.717, 1.165) is 5.56 Å². The van der Waals surface area contributed by atoms with Crippen molar-refractivity contribution in [3.8, 4) is 5.75 Å². The van der Waals surface area contributed by atoms with Gasteiger partial charge < -0.3 is 14.6 Å². The molecule has 1 heterocycles. The molecule has 1 aliphatic heterocycles. The monoisotopic (exact) mass is 335 g/mol. The summed E-state index contributed by atoms with van der Waals surface area (Å²) in [4.78, 5) is 23.5. The van der Waals surface area contributed by atoms with Crippen LogP contribution in [-0.2, 0) is 4.79 Å². The predicted octanol–water partition coefficient (Wildman–Crippen LogP) is 1.86. The first-order valence-electron chi connectivity index (χ1n) is 7.57. The van der Waals surface area contributed by atoms with E-state index in [4.69, 9.17) is 4.74 Å². The number of carboxylic acids is 1. The maximum absolute atomic E-state index is 12.7. The number of hydrazone groups is 1. The summed E-state index contributed by atoms with van der Waals surface area (Å²) < 4.78 is 5.19. The van der Waals surface area contributed by atoms with E-state index in [-0.39, 0.29) is 11.5 Å². The lowest BCUT2D eigenvalue weighted by Crippen LogP contribution is -2.23. The number of nitrogens with zero attached hydrogens (tertiary/aromatic N) is 2. The molecule has 0 aromatic heterocycles. The van der Waals surface area contributed by atoms with Crippen molar-refractivity contribution < 1.29 is 19.4 Å². The molecular weight excluding hydrogens is 320 g/mol. The molecule has 6 heteroatoms. The Balaban J connectivity index is 1.90. The minimum absolute atomic E-state index is 0.0447. The Hall–Kier alpha value is -3.41. The van der Waals surface area contributed by atoms with Gasteiger partial charge in [-0.1, -0.05) is 24.3 Å². The summed E-state index contributed by atoms with van der Waals surface area (Å²) in [5.74, 6) is -0.844. The summed E-state index contributed by atoms with van der Waals surface area (Å²) in [6.45, 7) is 1.75. The van der Waals surface area contributed by atoms with E-state index in [0.29, 0.717) is 22.7 Å². The molecule has 3 rings (SSSR count). The van der Waals surface area contributed by atoms with E-state index in [2.05, 4.69) is 5.10 Å². The number of carboxylic acid groups (broad SMARTS) is 1. The average Bonchev–Trinajstić information content (AvgIpc) is 2.90. The molecule has 1 aliphatic rings. The second kappa shape index (κ2) is 6.60. The van der Waals surface area contributed by atoms with Gasteiger partial charge in [0.25, 0.3) is 5.91 Å². The van der Waals surface area contributed by atoms with Gasteiger partial charge in [0.05, 0.1) is 30.1 Å². The third-order valence-corrected chi connectivity index (χ3v) is 3.81. The number of hydrogen-bond acceptors (Lipinski definition) is 5. The molecule has 0 saturated carbocycles. The molecule has 0 saturated heterocycles. The molecule has 0 aliphatic carbocycles. The summed E-state index contributed by atoms with van der Waals surface area (Å²) in [5.41, 5.74) is 2.41. The van der Waals surface area contributed by atoms with Crippen molar-refractivity contribution in [2.45, 2.75) is 6.92 Å². The quantitative estimate of drug-likeness (QED) is 0.799. The second-order valence-electron chi connectivity index (χ2n) is 5.47. The Morgan fingerprint density at radius 3 is 2.56 bits per heavy atom. The van der Waals surface area contributed by atoms with E-state index in [1.165, 1.54) is 29.3 Å². The smallest absolute Gasteiger partial charge is 0.280 e. The van der Waals surface area contributed by atoms with E-state index in [1.54, 1.807) is 20.1 Å². The number of benzene rings is 2. The van der Waals surface area contributed by atoms with Gasteiger partial charge >= 0.3 is 0 Å². The van der Waals surface area contributed by atoms with Crippen LogP contribution in [0.25, 0.3) is 6.08 Å². The van der Waals surface area contributed by atoms with Crippen LogP contribution in [0.5, 0.6) is 5.75 Å². The molecule has 0 spiro atoms. The van der Waals surface area contributed by atoms with Crippen molar-refractivity contribution in [2.24, 2.45) is 5.10 Å². The minimum Gasteiger partial charge on any atom is -0.545 e. The molecule has 0 radical (unpaired) electrons.